The van der Waals surface area contributed by atoms with Crippen LogP contribution in [0.2, 0.25) is 13.1 Å². The van der Waals surface area contributed by atoms with Crippen LogP contribution in [-0.4, -0.2) is 13.9 Å². The fourth-order valence-corrected chi connectivity index (χ4v) is 3.92. The summed E-state index contributed by atoms with van der Waals surface area (Å²) in [4.78, 5) is 0. The van der Waals surface area contributed by atoms with Crippen molar-refractivity contribution in [2.45, 2.75) is 39.5 Å². The van der Waals surface area contributed by atoms with Gasteiger partial charge >= 0.3 is 0 Å². The standard InChI is InChI=1S/C14H22OSi/c1-14(2,3)15-16(4,5)12-11-13-9-7-6-8-10-13/h6-12H,1-5H3. The van der Waals surface area contributed by atoms with Crippen LogP contribution in [0, 0.1) is 0 Å². The molecule has 88 valence electrons. The number of benzene rings is 1. The highest BCUT2D eigenvalue weighted by Crippen LogP contribution is 2.18. The molecule has 1 rings (SSSR count). The molecule has 0 saturated heterocycles. The summed E-state index contributed by atoms with van der Waals surface area (Å²) in [6.45, 7) is 10.8. The third kappa shape index (κ3) is 5.28. The molecule has 0 saturated carbocycles. The Balaban J connectivity index is 2.69. The van der Waals surface area contributed by atoms with E-state index in [2.05, 4.69) is 69.9 Å². The van der Waals surface area contributed by atoms with Crippen molar-refractivity contribution in [3.8, 4) is 0 Å². The van der Waals surface area contributed by atoms with Gasteiger partial charge in [0, 0.05) is 5.60 Å². The zero-order chi connectivity index (χ0) is 12.2. The van der Waals surface area contributed by atoms with E-state index in [1.54, 1.807) is 0 Å². The number of hydrogen-bond acceptors (Lipinski definition) is 1. The van der Waals surface area contributed by atoms with Crippen LogP contribution in [0.1, 0.15) is 26.3 Å². The van der Waals surface area contributed by atoms with E-state index in [-0.39, 0.29) is 5.60 Å². The van der Waals surface area contributed by atoms with E-state index in [1.807, 2.05) is 6.07 Å². The summed E-state index contributed by atoms with van der Waals surface area (Å²) in [6.07, 6.45) is 2.16. The van der Waals surface area contributed by atoms with Crippen molar-refractivity contribution in [1.29, 1.82) is 0 Å². The molecule has 0 bridgehead atoms. The highest BCUT2D eigenvalue weighted by Gasteiger charge is 2.25. The molecule has 1 aromatic carbocycles. The largest absolute Gasteiger partial charge is 0.409 e. The Morgan fingerprint density at radius 1 is 1.06 bits per heavy atom. The maximum absolute atomic E-state index is 6.10. The minimum absolute atomic E-state index is 0.0588. The second kappa shape index (κ2) is 4.98. The summed E-state index contributed by atoms with van der Waals surface area (Å²) in [5.74, 6) is 0. The van der Waals surface area contributed by atoms with Crippen molar-refractivity contribution in [1.82, 2.24) is 0 Å². The molecule has 0 N–H and O–H groups in total. The molecule has 0 unspecified atom stereocenters. The van der Waals surface area contributed by atoms with Gasteiger partial charge in [0.25, 0.3) is 0 Å². The highest BCUT2D eigenvalue weighted by molar-refractivity contribution is 6.76. The van der Waals surface area contributed by atoms with E-state index >= 15 is 0 Å². The number of hydrogen-bond donors (Lipinski definition) is 0. The molecule has 0 amide bonds. The predicted molar refractivity (Wildman–Crippen MR) is 73.8 cm³/mol. The summed E-state index contributed by atoms with van der Waals surface area (Å²) < 4.78 is 6.10. The van der Waals surface area contributed by atoms with Gasteiger partial charge in [0.15, 0.2) is 0 Å². The van der Waals surface area contributed by atoms with Crippen LogP contribution in [0.5, 0.6) is 0 Å². The van der Waals surface area contributed by atoms with Gasteiger partial charge in [-0.1, -0.05) is 42.1 Å². The van der Waals surface area contributed by atoms with Crippen molar-refractivity contribution < 1.29 is 4.43 Å². The monoisotopic (exact) mass is 234 g/mol. The molecule has 0 aromatic heterocycles. The SMILES string of the molecule is CC(C)(C)O[Si](C)(C)C=Cc1ccccc1. The number of rotatable bonds is 3. The molecule has 0 atom stereocenters. The first kappa shape index (κ1) is 13.2. The van der Waals surface area contributed by atoms with Crippen LogP contribution < -0.4 is 0 Å². The Morgan fingerprint density at radius 2 is 1.62 bits per heavy atom. The van der Waals surface area contributed by atoms with E-state index in [0.717, 1.165) is 0 Å². The first-order valence-corrected chi connectivity index (χ1v) is 8.72. The zero-order valence-corrected chi connectivity index (χ0v) is 11.9. The molecule has 0 spiro atoms. The molecular weight excluding hydrogens is 212 g/mol. The molecule has 0 aliphatic carbocycles. The lowest BCUT2D eigenvalue weighted by molar-refractivity contribution is 0.124. The quantitative estimate of drug-likeness (QED) is 0.710. The predicted octanol–water partition coefficient (Wildman–Crippen LogP) is 4.26. The van der Waals surface area contributed by atoms with Gasteiger partial charge in [-0.25, -0.2) is 0 Å². The van der Waals surface area contributed by atoms with E-state index in [1.165, 1.54) is 5.56 Å². The van der Waals surface area contributed by atoms with Crippen molar-refractivity contribution in [3.05, 3.63) is 41.6 Å². The van der Waals surface area contributed by atoms with Gasteiger partial charge in [0.1, 0.15) is 0 Å². The molecule has 1 aromatic rings. The van der Waals surface area contributed by atoms with Crippen molar-refractivity contribution in [2.24, 2.45) is 0 Å². The van der Waals surface area contributed by atoms with Crippen LogP contribution in [0.25, 0.3) is 6.08 Å². The van der Waals surface area contributed by atoms with E-state index < -0.39 is 8.32 Å². The summed E-state index contributed by atoms with van der Waals surface area (Å²) in [6, 6.07) is 10.4. The summed E-state index contributed by atoms with van der Waals surface area (Å²) in [5, 5.41) is 0. The van der Waals surface area contributed by atoms with Gasteiger partial charge < -0.3 is 4.43 Å². The van der Waals surface area contributed by atoms with Gasteiger partial charge in [-0.3, -0.25) is 0 Å². The van der Waals surface area contributed by atoms with Crippen LogP contribution >= 0.6 is 0 Å². The second-order valence-electron chi connectivity index (χ2n) is 5.56. The molecule has 0 aliphatic heterocycles. The Morgan fingerprint density at radius 3 is 2.12 bits per heavy atom. The molecular formula is C14H22OSi. The van der Waals surface area contributed by atoms with Gasteiger partial charge in [-0.05, 0) is 39.4 Å². The summed E-state index contributed by atoms with van der Waals surface area (Å²) in [5.41, 5.74) is 3.42. The molecule has 0 heterocycles. The van der Waals surface area contributed by atoms with Crippen LogP contribution in [-0.2, 0) is 4.43 Å². The lowest BCUT2D eigenvalue weighted by atomic mass is 10.2. The maximum atomic E-state index is 6.10. The van der Waals surface area contributed by atoms with Gasteiger partial charge in [-0.15, -0.1) is 0 Å². The topological polar surface area (TPSA) is 9.23 Å². The normalized spacial score (nSPS) is 13.3. The molecule has 1 nitrogen and oxygen atoms in total. The lowest BCUT2D eigenvalue weighted by Crippen LogP contribution is -2.37. The Hall–Kier alpha value is -0.863. The summed E-state index contributed by atoms with van der Waals surface area (Å²) in [7, 11) is -1.70. The molecule has 16 heavy (non-hydrogen) atoms. The average molecular weight is 234 g/mol. The smallest absolute Gasteiger partial charge is 0.211 e. The third-order valence-electron chi connectivity index (χ3n) is 2.05. The Bertz CT molecular complexity index is 347. The first-order valence-electron chi connectivity index (χ1n) is 5.73. The van der Waals surface area contributed by atoms with Crippen molar-refractivity contribution >= 4 is 14.4 Å². The highest BCUT2D eigenvalue weighted by atomic mass is 28.4. The Kier molecular flexibility index (Phi) is 4.11. The molecule has 0 radical (unpaired) electrons. The summed E-state index contributed by atoms with van der Waals surface area (Å²) >= 11 is 0. The fourth-order valence-electron chi connectivity index (χ4n) is 1.68. The first-order chi connectivity index (χ1) is 7.29. The van der Waals surface area contributed by atoms with Crippen LogP contribution in [0.3, 0.4) is 0 Å². The minimum Gasteiger partial charge on any atom is -0.409 e. The molecule has 0 aliphatic rings. The molecule has 0 fully saturated rings. The zero-order valence-electron chi connectivity index (χ0n) is 10.9. The van der Waals surface area contributed by atoms with E-state index in [9.17, 15) is 0 Å². The van der Waals surface area contributed by atoms with E-state index in [0.29, 0.717) is 0 Å². The van der Waals surface area contributed by atoms with Gasteiger partial charge in [0.2, 0.25) is 8.32 Å². The van der Waals surface area contributed by atoms with Crippen LogP contribution in [0.4, 0.5) is 0 Å². The van der Waals surface area contributed by atoms with Crippen LogP contribution in [0.15, 0.2) is 36.0 Å². The minimum atomic E-state index is -1.70. The van der Waals surface area contributed by atoms with Gasteiger partial charge in [-0.2, -0.15) is 0 Å². The fraction of sp³-hybridized carbons (Fsp3) is 0.429. The molecule has 2 heteroatoms. The lowest BCUT2D eigenvalue weighted by Gasteiger charge is -2.30. The van der Waals surface area contributed by atoms with Crippen molar-refractivity contribution in [2.75, 3.05) is 0 Å². The Labute approximate surface area is 100 Å². The maximum Gasteiger partial charge on any atom is 0.211 e. The third-order valence-corrected chi connectivity index (χ3v) is 4.15. The second-order valence-corrected chi connectivity index (χ2v) is 9.31. The van der Waals surface area contributed by atoms with E-state index in [4.69, 9.17) is 4.43 Å². The van der Waals surface area contributed by atoms with Crippen molar-refractivity contribution in [3.63, 3.8) is 0 Å². The van der Waals surface area contributed by atoms with Gasteiger partial charge in [0.05, 0.1) is 0 Å². The average Bonchev–Trinajstić information content (AvgIpc) is 2.13.